The number of rotatable bonds is 4. The molecule has 0 fully saturated rings. The van der Waals surface area contributed by atoms with Crippen molar-refractivity contribution < 1.29 is 12.8 Å². The van der Waals surface area contributed by atoms with Gasteiger partial charge in [0.05, 0.1) is 4.90 Å². The summed E-state index contributed by atoms with van der Waals surface area (Å²) in [6.07, 6.45) is 0. The molecule has 0 amide bonds. The van der Waals surface area contributed by atoms with Crippen molar-refractivity contribution in [1.29, 1.82) is 0 Å². The van der Waals surface area contributed by atoms with E-state index in [0.29, 0.717) is 0 Å². The minimum atomic E-state index is -3.71. The molecule has 0 heterocycles. The molecule has 0 spiro atoms. The van der Waals surface area contributed by atoms with Crippen LogP contribution >= 0.6 is 0 Å². The van der Waals surface area contributed by atoms with Crippen LogP contribution in [0.5, 0.6) is 0 Å². The van der Waals surface area contributed by atoms with Crippen molar-refractivity contribution in [3.05, 3.63) is 65.5 Å². The molecule has 0 radical (unpaired) electrons. The second-order valence-electron chi connectivity index (χ2n) is 6.23. The fourth-order valence-electron chi connectivity index (χ4n) is 2.02. The van der Waals surface area contributed by atoms with Gasteiger partial charge in [0.1, 0.15) is 5.82 Å². The third kappa shape index (κ3) is 4.15. The van der Waals surface area contributed by atoms with E-state index >= 15 is 0 Å². The SMILES string of the molecule is CC(C)(C)c1ccc(CNS(=O)(=O)c2cccc(F)c2)cc1. The van der Waals surface area contributed by atoms with Crippen LogP contribution in [-0.4, -0.2) is 8.42 Å². The molecule has 0 aliphatic heterocycles. The predicted molar refractivity (Wildman–Crippen MR) is 85.6 cm³/mol. The summed E-state index contributed by atoms with van der Waals surface area (Å²) in [6, 6.07) is 12.7. The lowest BCUT2D eigenvalue weighted by atomic mass is 9.87. The van der Waals surface area contributed by atoms with Crippen LogP contribution in [0.15, 0.2) is 53.4 Å². The zero-order valence-electron chi connectivity index (χ0n) is 12.9. The average molecular weight is 321 g/mol. The van der Waals surface area contributed by atoms with Crippen LogP contribution in [0.25, 0.3) is 0 Å². The maximum absolute atomic E-state index is 13.1. The third-order valence-corrected chi connectivity index (χ3v) is 4.79. The Morgan fingerprint density at radius 2 is 1.68 bits per heavy atom. The van der Waals surface area contributed by atoms with Crippen molar-refractivity contribution in [1.82, 2.24) is 4.72 Å². The van der Waals surface area contributed by atoms with E-state index < -0.39 is 15.8 Å². The molecule has 0 unspecified atom stereocenters. The fourth-order valence-corrected chi connectivity index (χ4v) is 3.07. The molecule has 0 saturated carbocycles. The van der Waals surface area contributed by atoms with Gasteiger partial charge in [0.2, 0.25) is 10.0 Å². The van der Waals surface area contributed by atoms with E-state index in [0.717, 1.165) is 11.6 Å². The van der Waals surface area contributed by atoms with Gasteiger partial charge in [-0.15, -0.1) is 0 Å². The van der Waals surface area contributed by atoms with Gasteiger partial charge in [0, 0.05) is 6.54 Å². The highest BCUT2D eigenvalue weighted by atomic mass is 32.2. The van der Waals surface area contributed by atoms with Gasteiger partial charge < -0.3 is 0 Å². The van der Waals surface area contributed by atoms with Gasteiger partial charge in [0.25, 0.3) is 0 Å². The molecule has 2 aromatic rings. The third-order valence-electron chi connectivity index (χ3n) is 3.39. The smallest absolute Gasteiger partial charge is 0.207 e. The fraction of sp³-hybridized carbons (Fsp3) is 0.294. The van der Waals surface area contributed by atoms with E-state index in [1.165, 1.54) is 23.8 Å². The Morgan fingerprint density at radius 1 is 1.05 bits per heavy atom. The summed E-state index contributed by atoms with van der Waals surface area (Å²) >= 11 is 0. The van der Waals surface area contributed by atoms with Crippen molar-refractivity contribution >= 4 is 10.0 Å². The summed E-state index contributed by atoms with van der Waals surface area (Å²) in [5.41, 5.74) is 2.09. The summed E-state index contributed by atoms with van der Waals surface area (Å²) in [7, 11) is -3.71. The molecule has 1 N–H and O–H groups in total. The first kappa shape index (κ1) is 16.6. The van der Waals surface area contributed by atoms with E-state index in [1.807, 2.05) is 24.3 Å². The highest BCUT2D eigenvalue weighted by Gasteiger charge is 2.15. The van der Waals surface area contributed by atoms with E-state index in [4.69, 9.17) is 0 Å². The average Bonchev–Trinajstić information content (AvgIpc) is 2.45. The van der Waals surface area contributed by atoms with Crippen LogP contribution < -0.4 is 4.72 Å². The van der Waals surface area contributed by atoms with Gasteiger partial charge in [-0.2, -0.15) is 0 Å². The van der Waals surface area contributed by atoms with Crippen LogP contribution in [0.1, 0.15) is 31.9 Å². The largest absolute Gasteiger partial charge is 0.240 e. The Bertz CT molecular complexity index is 747. The Kier molecular flexibility index (Phi) is 4.68. The maximum atomic E-state index is 13.1. The van der Waals surface area contributed by atoms with Gasteiger partial charge in [-0.05, 0) is 34.7 Å². The number of benzene rings is 2. The van der Waals surface area contributed by atoms with E-state index in [-0.39, 0.29) is 16.9 Å². The van der Waals surface area contributed by atoms with Gasteiger partial charge in [0.15, 0.2) is 0 Å². The summed E-state index contributed by atoms with van der Waals surface area (Å²) in [4.78, 5) is -0.0705. The quantitative estimate of drug-likeness (QED) is 0.935. The first-order valence-electron chi connectivity index (χ1n) is 7.03. The minimum Gasteiger partial charge on any atom is -0.207 e. The van der Waals surface area contributed by atoms with Gasteiger partial charge in [-0.3, -0.25) is 0 Å². The summed E-state index contributed by atoms with van der Waals surface area (Å²) < 4.78 is 39.8. The van der Waals surface area contributed by atoms with Crippen LogP contribution in [0.3, 0.4) is 0 Å². The van der Waals surface area contributed by atoms with Crippen LogP contribution in [0.4, 0.5) is 4.39 Å². The van der Waals surface area contributed by atoms with Crippen LogP contribution in [0.2, 0.25) is 0 Å². The zero-order chi connectivity index (χ0) is 16.4. The molecule has 0 aromatic heterocycles. The summed E-state index contributed by atoms with van der Waals surface area (Å²) in [6.45, 7) is 6.53. The summed E-state index contributed by atoms with van der Waals surface area (Å²) in [5.74, 6) is -0.572. The normalized spacial score (nSPS) is 12.4. The molecule has 3 nitrogen and oxygen atoms in total. The number of nitrogens with one attached hydrogen (secondary N) is 1. The molecule has 118 valence electrons. The number of hydrogen-bond acceptors (Lipinski definition) is 2. The Hall–Kier alpha value is -1.72. The van der Waals surface area contributed by atoms with Crippen molar-refractivity contribution in [3.8, 4) is 0 Å². The van der Waals surface area contributed by atoms with Crippen LogP contribution in [0, 0.1) is 5.82 Å². The Labute approximate surface area is 131 Å². The monoisotopic (exact) mass is 321 g/mol. The first-order valence-corrected chi connectivity index (χ1v) is 8.51. The van der Waals surface area contributed by atoms with Gasteiger partial charge in [-0.1, -0.05) is 51.1 Å². The standard InChI is InChI=1S/C17H20FNO2S/c1-17(2,3)14-9-7-13(8-10-14)12-19-22(20,21)16-6-4-5-15(18)11-16/h4-11,19H,12H2,1-3H3. The highest BCUT2D eigenvalue weighted by Crippen LogP contribution is 2.22. The minimum absolute atomic E-state index is 0.0552. The molecule has 0 saturated heterocycles. The molecule has 0 bridgehead atoms. The topological polar surface area (TPSA) is 46.2 Å². The van der Waals surface area contributed by atoms with Gasteiger partial charge >= 0.3 is 0 Å². The molecule has 22 heavy (non-hydrogen) atoms. The second kappa shape index (κ2) is 6.18. The van der Waals surface area contributed by atoms with Crippen LogP contribution in [-0.2, 0) is 22.0 Å². The zero-order valence-corrected chi connectivity index (χ0v) is 13.7. The molecule has 0 atom stereocenters. The molecule has 2 aromatic carbocycles. The highest BCUT2D eigenvalue weighted by molar-refractivity contribution is 7.89. The number of sulfonamides is 1. The van der Waals surface area contributed by atoms with Crippen molar-refractivity contribution in [2.75, 3.05) is 0 Å². The lowest BCUT2D eigenvalue weighted by Gasteiger charge is -2.19. The Morgan fingerprint density at radius 3 is 2.23 bits per heavy atom. The first-order chi connectivity index (χ1) is 10.2. The number of hydrogen-bond donors (Lipinski definition) is 1. The van der Waals surface area contributed by atoms with E-state index in [2.05, 4.69) is 25.5 Å². The molecule has 5 heteroatoms. The van der Waals surface area contributed by atoms with Crippen molar-refractivity contribution in [2.24, 2.45) is 0 Å². The lowest BCUT2D eigenvalue weighted by Crippen LogP contribution is -2.23. The molecular weight excluding hydrogens is 301 g/mol. The molecule has 0 aliphatic carbocycles. The second-order valence-corrected chi connectivity index (χ2v) is 8.00. The molecule has 2 rings (SSSR count). The summed E-state index contributed by atoms with van der Waals surface area (Å²) in [5, 5.41) is 0. The van der Waals surface area contributed by atoms with Crippen molar-refractivity contribution in [2.45, 2.75) is 37.6 Å². The van der Waals surface area contributed by atoms with Gasteiger partial charge in [-0.25, -0.2) is 17.5 Å². The van der Waals surface area contributed by atoms with E-state index in [9.17, 15) is 12.8 Å². The lowest BCUT2D eigenvalue weighted by molar-refractivity contribution is 0.576. The molecular formula is C17H20FNO2S. The number of halogens is 1. The van der Waals surface area contributed by atoms with Crippen molar-refractivity contribution in [3.63, 3.8) is 0 Å². The van der Waals surface area contributed by atoms with E-state index in [1.54, 1.807) is 0 Å². The maximum Gasteiger partial charge on any atom is 0.240 e. The molecule has 0 aliphatic rings. The predicted octanol–water partition coefficient (Wildman–Crippen LogP) is 3.60. The Balaban J connectivity index is 2.09.